The number of hydrogen-bond donors (Lipinski definition) is 0. The summed E-state index contributed by atoms with van der Waals surface area (Å²) in [5, 5.41) is 0. The fourth-order valence-corrected chi connectivity index (χ4v) is 4.85. The van der Waals surface area contributed by atoms with Crippen LogP contribution in [0.15, 0.2) is 47.6 Å². The maximum atomic E-state index is 13.2. The number of nitrogens with zero attached hydrogens (tertiary/aromatic N) is 2. The summed E-state index contributed by atoms with van der Waals surface area (Å²) in [6.07, 6.45) is 4.95. The lowest BCUT2D eigenvalue weighted by atomic mass is 10.1. The number of pyridine rings is 1. The van der Waals surface area contributed by atoms with Crippen molar-refractivity contribution >= 4 is 10.0 Å². The van der Waals surface area contributed by atoms with Gasteiger partial charge in [0.15, 0.2) is 0 Å². The Hall–Kier alpha value is -1.79. The standard InChI is InChI=1S/C16H17FN2O2S/c1-12-10-14(17)6-7-16(12)22(20,21)19-9-3-5-15(19)13-4-2-8-18-11-13/h2,4,6-8,10-11,15H,3,5,9H2,1H3. The molecule has 3 rings (SSSR count). The number of rotatable bonds is 3. The van der Waals surface area contributed by atoms with E-state index in [0.29, 0.717) is 12.1 Å². The average molecular weight is 320 g/mol. The topological polar surface area (TPSA) is 50.3 Å². The van der Waals surface area contributed by atoms with Crippen molar-refractivity contribution in [2.75, 3.05) is 6.54 Å². The molecule has 2 aromatic rings. The van der Waals surface area contributed by atoms with Gasteiger partial charge in [0.25, 0.3) is 0 Å². The molecule has 0 radical (unpaired) electrons. The van der Waals surface area contributed by atoms with Gasteiger partial charge in [-0.05, 0) is 55.2 Å². The smallest absolute Gasteiger partial charge is 0.243 e. The number of halogens is 1. The number of aryl methyl sites for hydroxylation is 1. The molecule has 1 unspecified atom stereocenters. The highest BCUT2D eigenvalue weighted by atomic mass is 32.2. The summed E-state index contributed by atoms with van der Waals surface area (Å²) in [7, 11) is -3.64. The molecule has 1 aliphatic rings. The van der Waals surface area contributed by atoms with Crippen LogP contribution in [0.2, 0.25) is 0 Å². The molecule has 1 aliphatic heterocycles. The third-order valence-corrected chi connectivity index (χ3v) is 6.06. The van der Waals surface area contributed by atoms with Crippen LogP contribution in [0, 0.1) is 12.7 Å². The molecule has 116 valence electrons. The second kappa shape index (κ2) is 5.78. The van der Waals surface area contributed by atoms with E-state index in [2.05, 4.69) is 4.98 Å². The molecule has 2 heterocycles. The molecule has 0 aliphatic carbocycles. The third-order valence-electron chi connectivity index (χ3n) is 4.00. The van der Waals surface area contributed by atoms with Gasteiger partial charge in [0.05, 0.1) is 10.9 Å². The molecule has 1 fully saturated rings. The highest BCUT2D eigenvalue weighted by molar-refractivity contribution is 7.89. The first-order chi connectivity index (χ1) is 10.5. The molecule has 0 spiro atoms. The van der Waals surface area contributed by atoms with E-state index in [1.54, 1.807) is 19.3 Å². The number of benzene rings is 1. The van der Waals surface area contributed by atoms with Crippen molar-refractivity contribution in [3.8, 4) is 0 Å². The second-order valence-electron chi connectivity index (χ2n) is 5.47. The van der Waals surface area contributed by atoms with Crippen molar-refractivity contribution in [2.45, 2.75) is 30.7 Å². The molecule has 1 atom stereocenters. The van der Waals surface area contributed by atoms with E-state index in [-0.39, 0.29) is 10.9 Å². The van der Waals surface area contributed by atoms with Gasteiger partial charge in [0.1, 0.15) is 5.82 Å². The molecule has 0 saturated carbocycles. The highest BCUT2D eigenvalue weighted by Crippen LogP contribution is 2.36. The van der Waals surface area contributed by atoms with E-state index >= 15 is 0 Å². The Balaban J connectivity index is 2.01. The SMILES string of the molecule is Cc1cc(F)ccc1S(=O)(=O)N1CCCC1c1cccnc1. The molecule has 4 nitrogen and oxygen atoms in total. The predicted octanol–water partition coefficient (Wildman–Crippen LogP) is 3.05. The zero-order chi connectivity index (χ0) is 15.7. The van der Waals surface area contributed by atoms with Crippen LogP contribution in [-0.2, 0) is 10.0 Å². The van der Waals surface area contributed by atoms with Crippen molar-refractivity contribution in [1.82, 2.24) is 9.29 Å². The molecule has 0 N–H and O–H groups in total. The molecular formula is C16H17FN2O2S. The van der Waals surface area contributed by atoms with Crippen LogP contribution >= 0.6 is 0 Å². The van der Waals surface area contributed by atoms with Crippen LogP contribution in [0.25, 0.3) is 0 Å². The van der Waals surface area contributed by atoms with Crippen molar-refractivity contribution in [1.29, 1.82) is 0 Å². The van der Waals surface area contributed by atoms with Crippen molar-refractivity contribution in [3.05, 3.63) is 59.7 Å². The first-order valence-corrected chi connectivity index (χ1v) is 8.62. The monoisotopic (exact) mass is 320 g/mol. The van der Waals surface area contributed by atoms with Crippen LogP contribution in [0.4, 0.5) is 4.39 Å². The van der Waals surface area contributed by atoms with Crippen LogP contribution in [0.5, 0.6) is 0 Å². The lowest BCUT2D eigenvalue weighted by Crippen LogP contribution is -2.31. The number of aromatic nitrogens is 1. The lowest BCUT2D eigenvalue weighted by molar-refractivity contribution is 0.395. The van der Waals surface area contributed by atoms with Gasteiger partial charge in [-0.1, -0.05) is 6.07 Å². The summed E-state index contributed by atoms with van der Waals surface area (Å²) < 4.78 is 40.6. The minimum absolute atomic E-state index is 0.171. The van der Waals surface area contributed by atoms with E-state index in [1.807, 2.05) is 12.1 Å². The van der Waals surface area contributed by atoms with E-state index < -0.39 is 15.8 Å². The maximum Gasteiger partial charge on any atom is 0.243 e. The van der Waals surface area contributed by atoms with Crippen LogP contribution in [0.3, 0.4) is 0 Å². The minimum Gasteiger partial charge on any atom is -0.264 e. The molecule has 1 saturated heterocycles. The van der Waals surface area contributed by atoms with Crippen molar-refractivity contribution < 1.29 is 12.8 Å². The molecule has 6 heteroatoms. The van der Waals surface area contributed by atoms with Crippen molar-refractivity contribution in [3.63, 3.8) is 0 Å². The number of sulfonamides is 1. The highest BCUT2D eigenvalue weighted by Gasteiger charge is 2.36. The second-order valence-corrected chi connectivity index (χ2v) is 7.33. The Morgan fingerprint density at radius 1 is 1.32 bits per heavy atom. The van der Waals surface area contributed by atoms with Gasteiger partial charge in [-0.3, -0.25) is 4.98 Å². The molecule has 1 aromatic heterocycles. The zero-order valence-electron chi connectivity index (χ0n) is 12.2. The molecule has 22 heavy (non-hydrogen) atoms. The van der Waals surface area contributed by atoms with Gasteiger partial charge in [-0.15, -0.1) is 0 Å². The van der Waals surface area contributed by atoms with Gasteiger partial charge < -0.3 is 0 Å². The Morgan fingerprint density at radius 3 is 2.82 bits per heavy atom. The number of hydrogen-bond acceptors (Lipinski definition) is 3. The third kappa shape index (κ3) is 2.64. The van der Waals surface area contributed by atoms with E-state index in [4.69, 9.17) is 0 Å². The summed E-state index contributed by atoms with van der Waals surface area (Å²) in [4.78, 5) is 4.25. The van der Waals surface area contributed by atoms with Gasteiger partial charge in [-0.25, -0.2) is 12.8 Å². The van der Waals surface area contributed by atoms with Gasteiger partial charge in [-0.2, -0.15) is 4.31 Å². The summed E-state index contributed by atoms with van der Waals surface area (Å²) in [5.74, 6) is -0.429. The maximum absolute atomic E-state index is 13.2. The molecule has 0 amide bonds. The van der Waals surface area contributed by atoms with Gasteiger partial charge >= 0.3 is 0 Å². The first kappa shape index (κ1) is 15.1. The Labute approximate surface area is 129 Å². The molecule has 1 aromatic carbocycles. The van der Waals surface area contributed by atoms with Gasteiger partial charge in [0, 0.05) is 18.9 Å². The fraction of sp³-hybridized carbons (Fsp3) is 0.312. The Bertz CT molecular complexity index is 778. The molecular weight excluding hydrogens is 303 g/mol. The first-order valence-electron chi connectivity index (χ1n) is 7.18. The fourth-order valence-electron chi connectivity index (χ4n) is 2.96. The average Bonchev–Trinajstić information content (AvgIpc) is 2.98. The normalized spacial score (nSPS) is 19.5. The summed E-state index contributed by atoms with van der Waals surface area (Å²) in [5.41, 5.74) is 1.32. The largest absolute Gasteiger partial charge is 0.264 e. The predicted molar refractivity (Wildman–Crippen MR) is 81.2 cm³/mol. The Morgan fingerprint density at radius 2 is 2.14 bits per heavy atom. The van der Waals surface area contributed by atoms with E-state index in [1.165, 1.54) is 22.5 Å². The zero-order valence-corrected chi connectivity index (χ0v) is 13.1. The summed E-state index contributed by atoms with van der Waals surface area (Å²) in [6.45, 7) is 2.09. The van der Waals surface area contributed by atoms with Crippen molar-refractivity contribution in [2.24, 2.45) is 0 Å². The van der Waals surface area contributed by atoms with E-state index in [9.17, 15) is 12.8 Å². The molecule has 0 bridgehead atoms. The lowest BCUT2D eigenvalue weighted by Gasteiger charge is -2.25. The summed E-state index contributed by atoms with van der Waals surface area (Å²) >= 11 is 0. The quantitative estimate of drug-likeness (QED) is 0.873. The minimum atomic E-state index is -3.64. The van der Waals surface area contributed by atoms with Crippen LogP contribution < -0.4 is 0 Å². The van der Waals surface area contributed by atoms with E-state index in [0.717, 1.165) is 18.4 Å². The van der Waals surface area contributed by atoms with Gasteiger partial charge in [0.2, 0.25) is 10.0 Å². The summed E-state index contributed by atoms with van der Waals surface area (Å²) in [6, 6.07) is 7.28. The Kier molecular flexibility index (Phi) is 3.97. The van der Waals surface area contributed by atoms with Crippen LogP contribution in [0.1, 0.15) is 30.0 Å². The van der Waals surface area contributed by atoms with Crippen LogP contribution in [-0.4, -0.2) is 24.3 Å².